The van der Waals surface area contributed by atoms with E-state index in [1.807, 2.05) is 6.07 Å². The second-order valence-corrected chi connectivity index (χ2v) is 6.31. The zero-order chi connectivity index (χ0) is 14.8. The molecule has 0 saturated carbocycles. The summed E-state index contributed by atoms with van der Waals surface area (Å²) >= 11 is 11.6. The molecule has 1 aromatic heterocycles. The molecule has 0 atom stereocenters. The molecular weight excluding hydrogens is 321 g/mol. The summed E-state index contributed by atoms with van der Waals surface area (Å²) in [6.07, 6.45) is 1.10. The van der Waals surface area contributed by atoms with Gasteiger partial charge in [-0.1, -0.05) is 23.2 Å². The number of benzene rings is 1. The Kier molecular flexibility index (Phi) is 4.14. The van der Waals surface area contributed by atoms with Gasteiger partial charge >= 0.3 is 0 Å². The van der Waals surface area contributed by atoms with E-state index in [2.05, 4.69) is 9.71 Å². The molecule has 5 nitrogen and oxygen atoms in total. The highest BCUT2D eigenvalue weighted by molar-refractivity contribution is 7.92. The van der Waals surface area contributed by atoms with E-state index in [9.17, 15) is 8.42 Å². The number of rotatable bonds is 3. The monoisotopic (exact) mass is 327 g/mol. The molecule has 8 heteroatoms. The topological polar surface area (TPSA) is 82.8 Å². The minimum Gasteiger partial charge on any atom is -0.279 e. The lowest BCUT2D eigenvalue weighted by Crippen LogP contribution is -2.13. The summed E-state index contributed by atoms with van der Waals surface area (Å²) in [4.78, 5) is 3.65. The van der Waals surface area contributed by atoms with Crippen molar-refractivity contribution in [2.24, 2.45) is 0 Å². The van der Waals surface area contributed by atoms with Crippen molar-refractivity contribution in [3.05, 3.63) is 52.3 Å². The number of halogens is 2. The third-order valence-electron chi connectivity index (χ3n) is 2.28. The van der Waals surface area contributed by atoms with E-state index >= 15 is 0 Å². The lowest BCUT2D eigenvalue weighted by Gasteiger charge is -2.08. The summed E-state index contributed by atoms with van der Waals surface area (Å²) in [5.41, 5.74) is 0.376. The third-order valence-corrected chi connectivity index (χ3v) is 4.08. The Labute approximate surface area is 125 Å². The average Bonchev–Trinajstić information content (AvgIpc) is 2.37. The number of nitrogens with zero attached hydrogens (tertiary/aromatic N) is 2. The number of anilines is 1. The van der Waals surface area contributed by atoms with E-state index in [1.165, 1.54) is 30.3 Å². The predicted octanol–water partition coefficient (Wildman–Crippen LogP) is 3.06. The van der Waals surface area contributed by atoms with Crippen LogP contribution in [0.25, 0.3) is 0 Å². The Bertz CT molecular complexity index is 763. The molecule has 0 amide bonds. The fraction of sp³-hybridized carbons (Fsp3) is 0. The maximum Gasteiger partial charge on any atom is 0.263 e. The standard InChI is InChI=1S/C12H7Cl2N3O2S/c13-8-3-9(14)5-11(4-8)17-20(18,19)12-2-1-10(6-15)16-7-12/h1-5,7,17H. The second-order valence-electron chi connectivity index (χ2n) is 3.75. The smallest absolute Gasteiger partial charge is 0.263 e. The normalized spacial score (nSPS) is 10.8. The molecule has 2 rings (SSSR count). The number of hydrogen-bond donors (Lipinski definition) is 1. The number of nitriles is 1. The van der Waals surface area contributed by atoms with Crippen molar-refractivity contribution in [1.29, 1.82) is 5.26 Å². The van der Waals surface area contributed by atoms with Gasteiger partial charge in [0.15, 0.2) is 0 Å². The number of sulfonamides is 1. The maximum absolute atomic E-state index is 12.1. The van der Waals surface area contributed by atoms with Crippen molar-refractivity contribution in [1.82, 2.24) is 4.98 Å². The summed E-state index contributed by atoms with van der Waals surface area (Å²) in [5.74, 6) is 0. The van der Waals surface area contributed by atoms with Crippen LogP contribution in [0.3, 0.4) is 0 Å². The van der Waals surface area contributed by atoms with Crippen LogP contribution in [0.5, 0.6) is 0 Å². The van der Waals surface area contributed by atoms with Gasteiger partial charge in [0.05, 0.1) is 5.69 Å². The van der Waals surface area contributed by atoms with Gasteiger partial charge in [0, 0.05) is 16.2 Å². The van der Waals surface area contributed by atoms with E-state index in [4.69, 9.17) is 28.5 Å². The molecular formula is C12H7Cl2N3O2S. The molecule has 0 fully saturated rings. The Balaban J connectivity index is 2.33. The Hall–Kier alpha value is -1.81. The van der Waals surface area contributed by atoms with Gasteiger partial charge in [0.25, 0.3) is 10.0 Å². The van der Waals surface area contributed by atoms with Crippen molar-refractivity contribution in [3.63, 3.8) is 0 Å². The van der Waals surface area contributed by atoms with Gasteiger partial charge in [-0.3, -0.25) is 4.72 Å². The largest absolute Gasteiger partial charge is 0.279 e. The summed E-state index contributed by atoms with van der Waals surface area (Å²) in [6.45, 7) is 0. The number of pyridine rings is 1. The zero-order valence-corrected chi connectivity index (χ0v) is 12.2. The van der Waals surface area contributed by atoms with Crippen LogP contribution in [0.1, 0.15) is 5.69 Å². The average molecular weight is 328 g/mol. The molecule has 2 aromatic rings. The molecule has 0 aliphatic heterocycles. The SMILES string of the molecule is N#Cc1ccc(S(=O)(=O)Nc2cc(Cl)cc(Cl)c2)cn1. The van der Waals surface area contributed by atoms with Crippen LogP contribution in [0.4, 0.5) is 5.69 Å². The van der Waals surface area contributed by atoms with Crippen LogP contribution in [-0.2, 0) is 10.0 Å². The van der Waals surface area contributed by atoms with Gasteiger partial charge < -0.3 is 0 Å². The molecule has 0 bridgehead atoms. The van der Waals surface area contributed by atoms with E-state index in [0.29, 0.717) is 10.0 Å². The Morgan fingerprint density at radius 2 is 1.80 bits per heavy atom. The Morgan fingerprint density at radius 1 is 1.15 bits per heavy atom. The van der Waals surface area contributed by atoms with Crippen LogP contribution in [0.2, 0.25) is 10.0 Å². The van der Waals surface area contributed by atoms with Gasteiger partial charge in [0.2, 0.25) is 0 Å². The van der Waals surface area contributed by atoms with E-state index < -0.39 is 10.0 Å². The molecule has 0 aliphatic carbocycles. The maximum atomic E-state index is 12.1. The summed E-state index contributed by atoms with van der Waals surface area (Å²) in [6, 6.07) is 8.78. The Morgan fingerprint density at radius 3 is 2.30 bits per heavy atom. The van der Waals surface area contributed by atoms with Crippen LogP contribution in [0, 0.1) is 11.3 Å². The number of hydrogen-bond acceptors (Lipinski definition) is 4. The molecule has 20 heavy (non-hydrogen) atoms. The molecule has 0 radical (unpaired) electrons. The van der Waals surface area contributed by atoms with Crippen LogP contribution < -0.4 is 4.72 Å². The number of aromatic nitrogens is 1. The first kappa shape index (κ1) is 14.6. The second kappa shape index (κ2) is 5.67. The summed E-state index contributed by atoms with van der Waals surface area (Å²) in [5, 5.41) is 9.25. The first-order chi connectivity index (χ1) is 9.40. The third kappa shape index (κ3) is 3.39. The predicted molar refractivity (Wildman–Crippen MR) is 76.2 cm³/mol. The van der Waals surface area contributed by atoms with Gasteiger partial charge in [-0.05, 0) is 30.3 Å². The molecule has 1 N–H and O–H groups in total. The highest BCUT2D eigenvalue weighted by Gasteiger charge is 2.15. The molecule has 102 valence electrons. The molecule has 1 heterocycles. The van der Waals surface area contributed by atoms with E-state index in [0.717, 1.165) is 6.20 Å². The minimum atomic E-state index is -3.81. The lowest BCUT2D eigenvalue weighted by atomic mass is 10.3. The molecule has 0 spiro atoms. The van der Waals surface area contributed by atoms with E-state index in [1.54, 1.807) is 0 Å². The fourth-order valence-corrected chi connectivity index (χ4v) is 2.94. The molecule has 0 aliphatic rings. The molecule has 0 saturated heterocycles. The first-order valence-electron chi connectivity index (χ1n) is 5.26. The summed E-state index contributed by atoms with van der Waals surface area (Å²) in [7, 11) is -3.81. The summed E-state index contributed by atoms with van der Waals surface area (Å²) < 4.78 is 26.5. The van der Waals surface area contributed by atoms with Gasteiger partial charge in [-0.25, -0.2) is 13.4 Å². The quantitative estimate of drug-likeness (QED) is 0.939. The van der Waals surface area contributed by atoms with Crippen molar-refractivity contribution in [3.8, 4) is 6.07 Å². The zero-order valence-electron chi connectivity index (χ0n) is 9.84. The van der Waals surface area contributed by atoms with Crippen molar-refractivity contribution >= 4 is 38.9 Å². The number of nitrogens with one attached hydrogen (secondary N) is 1. The van der Waals surface area contributed by atoms with Crippen LogP contribution in [0.15, 0.2) is 41.4 Å². The molecule has 1 aromatic carbocycles. The first-order valence-corrected chi connectivity index (χ1v) is 7.50. The van der Waals surface area contributed by atoms with Crippen molar-refractivity contribution in [2.75, 3.05) is 4.72 Å². The van der Waals surface area contributed by atoms with Gasteiger partial charge in [-0.15, -0.1) is 0 Å². The van der Waals surface area contributed by atoms with Crippen molar-refractivity contribution in [2.45, 2.75) is 4.90 Å². The van der Waals surface area contributed by atoms with Crippen molar-refractivity contribution < 1.29 is 8.42 Å². The lowest BCUT2D eigenvalue weighted by molar-refractivity contribution is 0.601. The van der Waals surface area contributed by atoms with Crippen LogP contribution >= 0.6 is 23.2 Å². The van der Waals surface area contributed by atoms with Crippen LogP contribution in [-0.4, -0.2) is 13.4 Å². The minimum absolute atomic E-state index is 0.0624. The highest BCUT2D eigenvalue weighted by Crippen LogP contribution is 2.24. The van der Waals surface area contributed by atoms with Gasteiger partial charge in [0.1, 0.15) is 16.7 Å². The fourth-order valence-electron chi connectivity index (χ4n) is 1.43. The van der Waals surface area contributed by atoms with E-state index in [-0.39, 0.29) is 16.3 Å². The molecule has 0 unspecified atom stereocenters. The van der Waals surface area contributed by atoms with Gasteiger partial charge in [-0.2, -0.15) is 5.26 Å². The highest BCUT2D eigenvalue weighted by atomic mass is 35.5.